The minimum absolute atomic E-state index is 0.186. The molecule has 1 amide bonds. The third kappa shape index (κ3) is 4.34. The van der Waals surface area contributed by atoms with Gasteiger partial charge in [0.2, 0.25) is 0 Å². The molecule has 1 aromatic carbocycles. The Labute approximate surface area is 168 Å². The molecule has 0 N–H and O–H groups in total. The molecule has 0 saturated carbocycles. The van der Waals surface area contributed by atoms with E-state index in [1.807, 2.05) is 23.1 Å². The lowest BCUT2D eigenvalue weighted by molar-refractivity contribution is -0.131. The van der Waals surface area contributed by atoms with Gasteiger partial charge in [-0.1, -0.05) is 36.3 Å². The molecule has 4 rings (SSSR count). The Kier molecular flexibility index (Phi) is 5.87. The van der Waals surface area contributed by atoms with Crippen LogP contribution in [0.2, 0.25) is 0 Å². The van der Waals surface area contributed by atoms with Gasteiger partial charge in [0.15, 0.2) is 0 Å². The molecular weight excluding hydrogens is 348 g/mol. The van der Waals surface area contributed by atoms with Gasteiger partial charge in [0.05, 0.1) is 18.8 Å². The molecule has 3 heterocycles. The molecular formula is C23H30N4O. The van der Waals surface area contributed by atoms with Gasteiger partial charge in [-0.05, 0) is 24.8 Å². The van der Waals surface area contributed by atoms with Crippen molar-refractivity contribution in [2.45, 2.75) is 32.2 Å². The first-order valence-corrected chi connectivity index (χ1v) is 10.4. The molecule has 0 unspecified atom stereocenters. The molecule has 0 aliphatic carbocycles. The van der Waals surface area contributed by atoms with Crippen LogP contribution in [0.4, 0.5) is 0 Å². The van der Waals surface area contributed by atoms with Crippen LogP contribution in [0, 0.1) is 12.0 Å². The quantitative estimate of drug-likeness (QED) is 0.755. The maximum atomic E-state index is 13.1. The summed E-state index contributed by atoms with van der Waals surface area (Å²) < 4.78 is 0. The number of piperidine rings is 1. The van der Waals surface area contributed by atoms with Gasteiger partial charge in [0.1, 0.15) is 0 Å². The van der Waals surface area contributed by atoms with E-state index in [1.165, 1.54) is 30.5 Å². The van der Waals surface area contributed by atoms with Gasteiger partial charge in [-0.2, -0.15) is 0 Å². The lowest BCUT2D eigenvalue weighted by Gasteiger charge is -2.42. The highest BCUT2D eigenvalue weighted by Gasteiger charge is 2.33. The Morgan fingerprint density at radius 1 is 1.04 bits per heavy atom. The van der Waals surface area contributed by atoms with E-state index in [-0.39, 0.29) is 5.91 Å². The van der Waals surface area contributed by atoms with Crippen LogP contribution >= 0.6 is 0 Å². The molecule has 1 fully saturated rings. The van der Waals surface area contributed by atoms with Gasteiger partial charge < -0.3 is 14.7 Å². The molecule has 28 heavy (non-hydrogen) atoms. The normalized spacial score (nSPS) is 20.8. The molecule has 1 aromatic rings. The van der Waals surface area contributed by atoms with Gasteiger partial charge in [-0.25, -0.2) is 0 Å². The van der Waals surface area contributed by atoms with E-state index in [1.54, 1.807) is 0 Å². The minimum atomic E-state index is 0.186. The number of hydrogen-bond acceptors (Lipinski definition) is 4. The van der Waals surface area contributed by atoms with E-state index in [2.05, 4.69) is 45.8 Å². The molecule has 3 aliphatic heterocycles. The largest absolute Gasteiger partial charge is 0.360 e. The average molecular weight is 379 g/mol. The summed E-state index contributed by atoms with van der Waals surface area (Å²) in [6.45, 7) is 5.95. The van der Waals surface area contributed by atoms with Crippen LogP contribution in [-0.4, -0.2) is 71.9 Å². The third-order valence-electron chi connectivity index (χ3n) is 5.90. The first-order chi connectivity index (χ1) is 13.7. The molecule has 0 radical (unpaired) electrons. The van der Waals surface area contributed by atoms with Gasteiger partial charge in [0, 0.05) is 57.9 Å². The number of rotatable bonds is 3. The molecule has 148 valence electrons. The molecule has 0 spiro atoms. The van der Waals surface area contributed by atoms with Crippen LogP contribution in [0.5, 0.6) is 0 Å². The maximum Gasteiger partial charge on any atom is 0.254 e. The number of hydrogen-bond donors (Lipinski definition) is 0. The molecule has 3 aliphatic rings. The van der Waals surface area contributed by atoms with E-state index in [9.17, 15) is 4.79 Å². The standard InChI is InChI=1S/C23H30N4O/c1-24-19-27(17-20-9-4-2-5-10-20)23(28)21-18-26(16-11-22(21)24)15-8-14-25-12-6-3-7-13-25/h2,4-5,9-10H,3,6-7,11-13,15-19H2,1H3. The van der Waals surface area contributed by atoms with Gasteiger partial charge >= 0.3 is 0 Å². The van der Waals surface area contributed by atoms with Crippen molar-refractivity contribution in [3.63, 3.8) is 0 Å². The van der Waals surface area contributed by atoms with Crippen LogP contribution in [0.25, 0.3) is 0 Å². The Morgan fingerprint density at radius 3 is 2.61 bits per heavy atom. The molecule has 0 bridgehead atoms. The van der Waals surface area contributed by atoms with Crippen molar-refractivity contribution in [1.29, 1.82) is 0 Å². The van der Waals surface area contributed by atoms with Crippen LogP contribution in [0.3, 0.4) is 0 Å². The second kappa shape index (κ2) is 8.70. The average Bonchev–Trinajstić information content (AvgIpc) is 2.73. The van der Waals surface area contributed by atoms with E-state index >= 15 is 0 Å². The second-order valence-electron chi connectivity index (χ2n) is 8.05. The van der Waals surface area contributed by atoms with E-state index in [4.69, 9.17) is 0 Å². The van der Waals surface area contributed by atoms with E-state index in [0.717, 1.165) is 38.2 Å². The van der Waals surface area contributed by atoms with Gasteiger partial charge in [-0.15, -0.1) is 0 Å². The fourth-order valence-corrected chi connectivity index (χ4v) is 4.34. The number of carbonyl (C=O) groups excluding carboxylic acids is 1. The topological polar surface area (TPSA) is 30.0 Å². The summed E-state index contributed by atoms with van der Waals surface area (Å²) in [4.78, 5) is 21.9. The molecule has 5 heteroatoms. The summed E-state index contributed by atoms with van der Waals surface area (Å²) in [5, 5.41) is 0. The second-order valence-corrected chi connectivity index (χ2v) is 8.05. The van der Waals surface area contributed by atoms with Crippen molar-refractivity contribution in [3.05, 3.63) is 47.2 Å². The zero-order valence-corrected chi connectivity index (χ0v) is 16.9. The Morgan fingerprint density at radius 2 is 1.82 bits per heavy atom. The number of nitrogens with zero attached hydrogens (tertiary/aromatic N) is 4. The Bertz CT molecular complexity index is 786. The van der Waals surface area contributed by atoms with Crippen molar-refractivity contribution in [3.8, 4) is 12.0 Å². The smallest absolute Gasteiger partial charge is 0.254 e. The highest BCUT2D eigenvalue weighted by molar-refractivity contribution is 5.95. The predicted octanol–water partition coefficient (Wildman–Crippen LogP) is 2.32. The minimum Gasteiger partial charge on any atom is -0.360 e. The fraction of sp³-hybridized carbons (Fsp3) is 0.522. The highest BCUT2D eigenvalue weighted by Crippen LogP contribution is 2.27. The van der Waals surface area contributed by atoms with E-state index in [0.29, 0.717) is 19.8 Å². The van der Waals surface area contributed by atoms with Crippen LogP contribution in [-0.2, 0) is 11.3 Å². The zero-order chi connectivity index (χ0) is 19.3. The fourth-order valence-electron chi connectivity index (χ4n) is 4.34. The molecule has 5 nitrogen and oxygen atoms in total. The Hall–Kier alpha value is -2.45. The van der Waals surface area contributed by atoms with Crippen LogP contribution in [0.15, 0.2) is 41.6 Å². The lowest BCUT2D eigenvalue weighted by Crippen LogP contribution is -2.50. The van der Waals surface area contributed by atoms with Crippen molar-refractivity contribution >= 4 is 5.91 Å². The Balaban J connectivity index is 1.40. The summed E-state index contributed by atoms with van der Waals surface area (Å²) in [6.07, 6.45) is 4.78. The van der Waals surface area contributed by atoms with Gasteiger partial charge in [-0.3, -0.25) is 9.69 Å². The zero-order valence-electron chi connectivity index (χ0n) is 16.9. The summed E-state index contributed by atoms with van der Waals surface area (Å²) >= 11 is 0. The maximum absolute atomic E-state index is 13.1. The summed E-state index contributed by atoms with van der Waals surface area (Å²) in [7, 11) is 2.10. The number of amides is 1. The number of benzene rings is 1. The van der Waals surface area contributed by atoms with Crippen LogP contribution in [0.1, 0.15) is 31.2 Å². The SMILES string of the molecule is CN1CN(Cc2ccccc2)C(=O)C2=C1CCN(CC#CN1CCCCC1)C2. The summed E-state index contributed by atoms with van der Waals surface area (Å²) in [5.41, 5.74) is 3.35. The molecule has 0 atom stereocenters. The van der Waals surface area contributed by atoms with Gasteiger partial charge in [0.25, 0.3) is 5.91 Å². The number of carbonyl (C=O) groups is 1. The van der Waals surface area contributed by atoms with Crippen molar-refractivity contribution < 1.29 is 4.79 Å². The monoisotopic (exact) mass is 378 g/mol. The first kappa shape index (κ1) is 18.9. The predicted molar refractivity (Wildman–Crippen MR) is 111 cm³/mol. The van der Waals surface area contributed by atoms with Crippen molar-refractivity contribution in [2.75, 3.05) is 46.4 Å². The van der Waals surface area contributed by atoms with Crippen molar-refractivity contribution in [2.24, 2.45) is 0 Å². The number of likely N-dealkylation sites (tertiary alicyclic amines) is 1. The summed E-state index contributed by atoms with van der Waals surface area (Å²) in [5.74, 6) is 3.52. The molecule has 0 aromatic heterocycles. The van der Waals surface area contributed by atoms with E-state index < -0.39 is 0 Å². The third-order valence-corrected chi connectivity index (χ3v) is 5.90. The molecule has 1 saturated heterocycles. The van der Waals surface area contributed by atoms with Crippen LogP contribution < -0.4 is 0 Å². The lowest BCUT2D eigenvalue weighted by atomic mass is 10.0. The summed E-state index contributed by atoms with van der Waals surface area (Å²) in [6, 6.07) is 13.6. The van der Waals surface area contributed by atoms with Crippen molar-refractivity contribution in [1.82, 2.24) is 19.6 Å². The first-order valence-electron chi connectivity index (χ1n) is 10.4. The highest BCUT2D eigenvalue weighted by atomic mass is 16.2.